The average Bonchev–Trinajstić information content (AvgIpc) is 2.91. The van der Waals surface area contributed by atoms with E-state index in [2.05, 4.69) is 6.92 Å². The highest BCUT2D eigenvalue weighted by atomic mass is 16.5. The number of aliphatic carboxylic acids is 1. The number of Topliss-reactive ketones (excluding diaryl/α,β-unsaturated/α-hetero) is 1. The standard InChI is InChI=1S/C22H26O5/c1-12(23)27-19-7-5-13-14(17(19)11-21(25)26)3-4-16-15(13)9-10-22(2)18(16)6-8-20(22)24/h5,7,15-16,18H,3-4,6,8-11H2,1-2H3,(H,25,26)/t15-,16-,18+,22+/m1/s1. The number of carboxylic acid groups (broad SMARTS) is 1. The molecule has 1 aromatic carbocycles. The van der Waals surface area contributed by atoms with E-state index in [0.717, 1.165) is 37.7 Å². The lowest BCUT2D eigenvalue weighted by Gasteiger charge is -2.48. The maximum Gasteiger partial charge on any atom is 0.308 e. The normalized spacial score (nSPS) is 31.6. The van der Waals surface area contributed by atoms with Gasteiger partial charge in [0.05, 0.1) is 6.42 Å². The number of hydrogen-bond donors (Lipinski definition) is 1. The number of benzene rings is 1. The third kappa shape index (κ3) is 2.88. The molecule has 0 unspecified atom stereocenters. The Balaban J connectivity index is 1.74. The summed E-state index contributed by atoms with van der Waals surface area (Å²) in [6, 6.07) is 3.78. The summed E-state index contributed by atoms with van der Waals surface area (Å²) in [5.74, 6) is 0.738. The van der Waals surface area contributed by atoms with E-state index in [-0.39, 0.29) is 11.8 Å². The molecule has 0 spiro atoms. The number of carbonyl (C=O) groups is 3. The molecule has 0 aliphatic heterocycles. The van der Waals surface area contributed by atoms with Crippen LogP contribution in [0, 0.1) is 17.3 Å². The van der Waals surface area contributed by atoms with Crippen LogP contribution < -0.4 is 4.74 Å². The van der Waals surface area contributed by atoms with E-state index >= 15 is 0 Å². The minimum atomic E-state index is -0.920. The summed E-state index contributed by atoms with van der Waals surface area (Å²) in [4.78, 5) is 35.3. The van der Waals surface area contributed by atoms with Gasteiger partial charge in [0, 0.05) is 24.3 Å². The van der Waals surface area contributed by atoms with Crippen LogP contribution in [0.15, 0.2) is 12.1 Å². The molecule has 2 saturated carbocycles. The molecular formula is C22H26O5. The first kappa shape index (κ1) is 18.2. The van der Waals surface area contributed by atoms with Gasteiger partial charge in [-0.1, -0.05) is 13.0 Å². The van der Waals surface area contributed by atoms with Gasteiger partial charge in [-0.2, -0.15) is 0 Å². The van der Waals surface area contributed by atoms with Crippen molar-refractivity contribution in [2.75, 3.05) is 0 Å². The van der Waals surface area contributed by atoms with Gasteiger partial charge >= 0.3 is 11.9 Å². The van der Waals surface area contributed by atoms with Gasteiger partial charge < -0.3 is 9.84 Å². The number of ether oxygens (including phenoxy) is 1. The molecule has 4 rings (SSSR count). The summed E-state index contributed by atoms with van der Waals surface area (Å²) in [7, 11) is 0. The Labute approximate surface area is 159 Å². The third-order valence-corrected chi connectivity index (χ3v) is 7.28. The van der Waals surface area contributed by atoms with Crippen LogP contribution in [0.2, 0.25) is 0 Å². The Morgan fingerprint density at radius 2 is 2.00 bits per heavy atom. The van der Waals surface area contributed by atoms with Crippen LogP contribution in [0.3, 0.4) is 0 Å². The van der Waals surface area contributed by atoms with Gasteiger partial charge in [0.2, 0.25) is 0 Å². The molecule has 1 aromatic rings. The minimum Gasteiger partial charge on any atom is -0.481 e. The van der Waals surface area contributed by atoms with E-state index in [1.165, 1.54) is 12.5 Å². The SMILES string of the molecule is CC(=O)Oc1ccc2c(c1CC(=O)O)CC[C@@H]1[C@@H]2CC[C@]2(C)C(=O)CC[C@@H]12. The topological polar surface area (TPSA) is 80.7 Å². The zero-order valence-electron chi connectivity index (χ0n) is 15.9. The second kappa shape index (κ2) is 6.47. The van der Waals surface area contributed by atoms with Crippen LogP contribution >= 0.6 is 0 Å². The first-order valence-corrected chi connectivity index (χ1v) is 9.89. The number of rotatable bonds is 3. The first-order chi connectivity index (χ1) is 12.8. The Hall–Kier alpha value is -2.17. The van der Waals surface area contributed by atoms with Crippen molar-refractivity contribution < 1.29 is 24.2 Å². The predicted octanol–water partition coefficient (Wildman–Crippen LogP) is 3.66. The molecule has 5 nitrogen and oxygen atoms in total. The first-order valence-electron chi connectivity index (χ1n) is 9.89. The zero-order chi connectivity index (χ0) is 19.3. The van der Waals surface area contributed by atoms with Gasteiger partial charge in [0.1, 0.15) is 11.5 Å². The second-order valence-corrected chi connectivity index (χ2v) is 8.61. The third-order valence-electron chi connectivity index (χ3n) is 7.28. The lowest BCUT2D eigenvalue weighted by molar-refractivity contribution is -0.137. The van der Waals surface area contributed by atoms with Crippen molar-refractivity contribution in [1.29, 1.82) is 0 Å². The van der Waals surface area contributed by atoms with Crippen molar-refractivity contribution in [3.8, 4) is 5.75 Å². The summed E-state index contributed by atoms with van der Waals surface area (Å²) in [6.07, 6.45) is 5.19. The molecule has 3 aliphatic carbocycles. The number of carbonyl (C=O) groups excluding carboxylic acids is 2. The van der Waals surface area contributed by atoms with Crippen molar-refractivity contribution in [1.82, 2.24) is 0 Å². The van der Waals surface area contributed by atoms with Gasteiger partial charge in [-0.25, -0.2) is 0 Å². The number of ketones is 1. The van der Waals surface area contributed by atoms with Crippen LogP contribution in [0.5, 0.6) is 5.75 Å². The monoisotopic (exact) mass is 370 g/mol. The van der Waals surface area contributed by atoms with Crippen LogP contribution in [-0.4, -0.2) is 22.8 Å². The predicted molar refractivity (Wildman–Crippen MR) is 98.7 cm³/mol. The van der Waals surface area contributed by atoms with Crippen molar-refractivity contribution in [2.24, 2.45) is 17.3 Å². The number of carboxylic acids is 1. The fourth-order valence-corrected chi connectivity index (χ4v) is 6.09. The molecule has 0 saturated heterocycles. The molecule has 0 aromatic heterocycles. The van der Waals surface area contributed by atoms with Crippen molar-refractivity contribution >= 4 is 17.7 Å². The van der Waals surface area contributed by atoms with E-state index in [4.69, 9.17) is 4.74 Å². The Morgan fingerprint density at radius 3 is 2.70 bits per heavy atom. The maximum absolute atomic E-state index is 12.5. The summed E-state index contributed by atoms with van der Waals surface area (Å²) in [5, 5.41) is 9.37. The molecule has 5 heteroatoms. The fraction of sp³-hybridized carbons (Fsp3) is 0.591. The van der Waals surface area contributed by atoms with Crippen molar-refractivity contribution in [2.45, 2.75) is 64.7 Å². The summed E-state index contributed by atoms with van der Waals surface area (Å²) >= 11 is 0. The Morgan fingerprint density at radius 1 is 1.22 bits per heavy atom. The lowest BCUT2D eigenvalue weighted by atomic mass is 9.55. The highest BCUT2D eigenvalue weighted by Crippen LogP contribution is 2.60. The van der Waals surface area contributed by atoms with Gasteiger partial charge in [-0.05, 0) is 67.1 Å². The van der Waals surface area contributed by atoms with E-state index in [9.17, 15) is 19.5 Å². The second-order valence-electron chi connectivity index (χ2n) is 8.61. The number of esters is 1. The molecule has 2 fully saturated rings. The number of hydrogen-bond acceptors (Lipinski definition) is 4. The molecule has 0 bridgehead atoms. The Bertz CT molecular complexity index is 826. The van der Waals surface area contributed by atoms with Crippen molar-refractivity contribution in [3.63, 3.8) is 0 Å². The highest BCUT2D eigenvalue weighted by Gasteiger charge is 2.54. The van der Waals surface area contributed by atoms with Gasteiger partial charge in [-0.3, -0.25) is 14.4 Å². The van der Waals surface area contributed by atoms with Crippen LogP contribution in [-0.2, 0) is 27.2 Å². The molecular weight excluding hydrogens is 344 g/mol. The molecule has 144 valence electrons. The molecule has 0 amide bonds. The highest BCUT2D eigenvalue weighted by molar-refractivity contribution is 5.87. The lowest BCUT2D eigenvalue weighted by Crippen LogP contribution is -2.42. The van der Waals surface area contributed by atoms with Gasteiger partial charge in [0.25, 0.3) is 0 Å². The molecule has 0 heterocycles. The van der Waals surface area contributed by atoms with E-state index in [1.54, 1.807) is 6.07 Å². The fourth-order valence-electron chi connectivity index (χ4n) is 6.09. The maximum atomic E-state index is 12.5. The van der Waals surface area contributed by atoms with Crippen LogP contribution in [0.1, 0.15) is 68.6 Å². The molecule has 27 heavy (non-hydrogen) atoms. The summed E-state index contributed by atoms with van der Waals surface area (Å²) in [5.41, 5.74) is 2.73. The van der Waals surface area contributed by atoms with Crippen LogP contribution in [0.25, 0.3) is 0 Å². The van der Waals surface area contributed by atoms with Crippen LogP contribution in [0.4, 0.5) is 0 Å². The molecule has 1 N–H and O–H groups in total. The van der Waals surface area contributed by atoms with E-state index in [1.807, 2.05) is 6.07 Å². The molecule has 4 atom stereocenters. The van der Waals surface area contributed by atoms with E-state index in [0.29, 0.717) is 41.3 Å². The summed E-state index contributed by atoms with van der Waals surface area (Å²) < 4.78 is 5.30. The van der Waals surface area contributed by atoms with Crippen molar-refractivity contribution in [3.05, 3.63) is 28.8 Å². The number of fused-ring (bicyclic) bond motifs is 5. The molecule has 3 aliphatic rings. The average molecular weight is 370 g/mol. The Kier molecular flexibility index (Phi) is 4.36. The zero-order valence-corrected chi connectivity index (χ0v) is 15.9. The minimum absolute atomic E-state index is 0.136. The largest absolute Gasteiger partial charge is 0.481 e. The van der Waals surface area contributed by atoms with Gasteiger partial charge in [0.15, 0.2) is 0 Å². The summed E-state index contributed by atoms with van der Waals surface area (Å²) in [6.45, 7) is 3.48. The molecule has 0 radical (unpaired) electrons. The smallest absolute Gasteiger partial charge is 0.308 e. The quantitative estimate of drug-likeness (QED) is 0.649. The van der Waals surface area contributed by atoms with E-state index < -0.39 is 11.9 Å². The van der Waals surface area contributed by atoms with Gasteiger partial charge in [-0.15, -0.1) is 0 Å².